The topological polar surface area (TPSA) is 76.1 Å². The number of ether oxygens (including phenoxy) is 1. The Kier molecular flexibility index (Phi) is 3.35. The summed E-state index contributed by atoms with van der Waals surface area (Å²) in [5.41, 5.74) is 7.85. The van der Waals surface area contributed by atoms with Crippen molar-refractivity contribution in [2.75, 3.05) is 0 Å². The van der Waals surface area contributed by atoms with Crippen LogP contribution in [0.2, 0.25) is 0 Å². The maximum atomic E-state index is 12.6. The van der Waals surface area contributed by atoms with Gasteiger partial charge in [0.2, 0.25) is 5.88 Å². The van der Waals surface area contributed by atoms with Gasteiger partial charge < -0.3 is 10.5 Å². The zero-order chi connectivity index (χ0) is 16.7. The lowest BCUT2D eigenvalue weighted by Crippen LogP contribution is -2.27. The number of hydrogen-bond acceptors (Lipinski definition) is 4. The van der Waals surface area contributed by atoms with Crippen molar-refractivity contribution in [3.8, 4) is 6.07 Å². The molecule has 4 rings (SSSR count). The van der Waals surface area contributed by atoms with Crippen LogP contribution in [0, 0.1) is 11.3 Å². The van der Waals surface area contributed by atoms with Gasteiger partial charge in [-0.3, -0.25) is 4.79 Å². The fourth-order valence-corrected chi connectivity index (χ4v) is 3.67. The zero-order valence-electron chi connectivity index (χ0n) is 13.1. The lowest BCUT2D eigenvalue weighted by molar-refractivity contribution is -0.116. The molecule has 0 unspecified atom stereocenters. The van der Waals surface area contributed by atoms with Gasteiger partial charge in [-0.1, -0.05) is 42.5 Å². The molecule has 4 heteroatoms. The summed E-state index contributed by atoms with van der Waals surface area (Å²) < 4.78 is 5.62. The van der Waals surface area contributed by atoms with Crippen molar-refractivity contribution in [2.24, 2.45) is 5.73 Å². The highest BCUT2D eigenvalue weighted by atomic mass is 16.5. The second-order valence-electron chi connectivity index (χ2n) is 6.11. The lowest BCUT2D eigenvalue weighted by atomic mass is 9.76. The van der Waals surface area contributed by atoms with Crippen LogP contribution >= 0.6 is 0 Å². The van der Waals surface area contributed by atoms with E-state index in [1.165, 1.54) is 0 Å². The number of carbonyl (C=O) groups is 1. The summed E-state index contributed by atoms with van der Waals surface area (Å²) in [5.74, 6) is 0.344. The number of rotatable bonds is 1. The van der Waals surface area contributed by atoms with E-state index in [0.717, 1.165) is 22.8 Å². The number of nitriles is 1. The predicted octanol–water partition coefficient (Wildman–Crippen LogP) is 3.65. The summed E-state index contributed by atoms with van der Waals surface area (Å²) in [6.45, 7) is 0. The number of benzene rings is 2. The first kappa shape index (κ1) is 14.5. The average molecular weight is 316 g/mol. The molecule has 0 saturated carbocycles. The van der Waals surface area contributed by atoms with Gasteiger partial charge in [0.15, 0.2) is 5.78 Å². The number of nitrogens with zero attached hydrogens (tertiary/aromatic N) is 1. The largest absolute Gasteiger partial charge is 0.444 e. The van der Waals surface area contributed by atoms with Crippen molar-refractivity contribution in [3.63, 3.8) is 0 Å². The first-order valence-corrected chi connectivity index (χ1v) is 8.02. The quantitative estimate of drug-likeness (QED) is 0.871. The molecule has 24 heavy (non-hydrogen) atoms. The second kappa shape index (κ2) is 5.54. The van der Waals surface area contributed by atoms with Crippen LogP contribution < -0.4 is 5.73 Å². The summed E-state index contributed by atoms with van der Waals surface area (Å²) >= 11 is 0. The zero-order valence-corrected chi connectivity index (χ0v) is 13.1. The molecule has 0 radical (unpaired) electrons. The Hall–Kier alpha value is -3.06. The standard InChI is InChI=1S/C20H16N2O2/c21-11-15-18(14-8-3-6-12-5-1-2-7-13(12)14)19-16(23)9-4-10-17(19)24-20(15)22/h1-3,5-8,18H,4,9-10,22H2/t18-/m0/s1. The third-order valence-electron chi connectivity index (χ3n) is 4.74. The highest BCUT2D eigenvalue weighted by Gasteiger charge is 2.38. The minimum absolute atomic E-state index is 0.0504. The van der Waals surface area contributed by atoms with E-state index in [4.69, 9.17) is 10.5 Å². The number of ketones is 1. The Labute approximate surface area is 139 Å². The number of hydrogen-bond donors (Lipinski definition) is 1. The molecule has 1 atom stereocenters. The van der Waals surface area contributed by atoms with E-state index in [-0.39, 0.29) is 11.7 Å². The maximum Gasteiger partial charge on any atom is 0.205 e. The van der Waals surface area contributed by atoms with Gasteiger partial charge in [-0.15, -0.1) is 0 Å². The smallest absolute Gasteiger partial charge is 0.205 e. The van der Waals surface area contributed by atoms with Crippen molar-refractivity contribution < 1.29 is 9.53 Å². The molecule has 1 aliphatic heterocycles. The van der Waals surface area contributed by atoms with E-state index in [0.29, 0.717) is 29.7 Å². The van der Waals surface area contributed by atoms with Crippen molar-refractivity contribution in [1.82, 2.24) is 0 Å². The Bertz CT molecular complexity index is 958. The Morgan fingerprint density at radius 3 is 2.75 bits per heavy atom. The Morgan fingerprint density at radius 2 is 1.92 bits per heavy atom. The van der Waals surface area contributed by atoms with Crippen molar-refractivity contribution >= 4 is 16.6 Å². The van der Waals surface area contributed by atoms with Gasteiger partial charge in [0, 0.05) is 18.4 Å². The van der Waals surface area contributed by atoms with Crippen LogP contribution in [0.5, 0.6) is 0 Å². The summed E-state index contributed by atoms with van der Waals surface area (Å²) in [4.78, 5) is 12.6. The van der Waals surface area contributed by atoms with Gasteiger partial charge in [0.05, 0.1) is 5.92 Å². The number of carbonyl (C=O) groups excluding carboxylic acids is 1. The molecule has 4 nitrogen and oxygen atoms in total. The maximum absolute atomic E-state index is 12.6. The lowest BCUT2D eigenvalue weighted by Gasteiger charge is -2.31. The third-order valence-corrected chi connectivity index (χ3v) is 4.74. The van der Waals surface area contributed by atoms with Crippen LogP contribution in [-0.2, 0) is 9.53 Å². The van der Waals surface area contributed by atoms with E-state index in [1.807, 2.05) is 42.5 Å². The summed E-state index contributed by atoms with van der Waals surface area (Å²) in [6.07, 6.45) is 1.93. The van der Waals surface area contributed by atoms with Gasteiger partial charge in [0.1, 0.15) is 17.4 Å². The number of allylic oxidation sites excluding steroid dienone is 3. The van der Waals surface area contributed by atoms with E-state index < -0.39 is 5.92 Å². The van der Waals surface area contributed by atoms with Gasteiger partial charge >= 0.3 is 0 Å². The van der Waals surface area contributed by atoms with Gasteiger partial charge in [-0.25, -0.2) is 0 Å². The van der Waals surface area contributed by atoms with Crippen LogP contribution in [-0.4, -0.2) is 5.78 Å². The van der Waals surface area contributed by atoms with Gasteiger partial charge in [-0.2, -0.15) is 5.26 Å². The molecule has 0 amide bonds. The minimum atomic E-state index is -0.447. The number of fused-ring (bicyclic) bond motifs is 1. The first-order valence-electron chi connectivity index (χ1n) is 8.02. The van der Waals surface area contributed by atoms with Crippen LogP contribution in [0.4, 0.5) is 0 Å². The van der Waals surface area contributed by atoms with Crippen molar-refractivity contribution in [2.45, 2.75) is 25.2 Å². The van der Waals surface area contributed by atoms with Crippen molar-refractivity contribution in [1.29, 1.82) is 5.26 Å². The van der Waals surface area contributed by atoms with Crippen LogP contribution in [0.25, 0.3) is 10.8 Å². The summed E-state index contributed by atoms with van der Waals surface area (Å²) in [5, 5.41) is 11.7. The summed E-state index contributed by atoms with van der Waals surface area (Å²) in [6, 6.07) is 16.1. The molecule has 2 aliphatic rings. The molecule has 2 aromatic rings. The molecular formula is C20H16N2O2. The molecule has 1 heterocycles. The summed E-state index contributed by atoms with van der Waals surface area (Å²) in [7, 11) is 0. The van der Waals surface area contributed by atoms with E-state index in [9.17, 15) is 10.1 Å². The Balaban J connectivity index is 2.01. The van der Waals surface area contributed by atoms with Gasteiger partial charge in [-0.05, 0) is 22.8 Å². The molecule has 0 saturated heterocycles. The fourth-order valence-electron chi connectivity index (χ4n) is 3.67. The molecular weight excluding hydrogens is 300 g/mol. The second-order valence-corrected chi connectivity index (χ2v) is 6.11. The number of nitrogens with two attached hydrogens (primary N) is 1. The van der Waals surface area contributed by atoms with Crippen LogP contribution in [0.3, 0.4) is 0 Å². The van der Waals surface area contributed by atoms with Crippen molar-refractivity contribution in [3.05, 3.63) is 70.8 Å². The minimum Gasteiger partial charge on any atom is -0.444 e. The molecule has 1 aliphatic carbocycles. The van der Waals surface area contributed by atoms with E-state index >= 15 is 0 Å². The SMILES string of the molecule is N#CC1=C(N)OC2=C(C(=O)CCC2)[C@H]1c1cccc2ccccc12. The molecule has 0 spiro atoms. The normalized spacial score (nSPS) is 20.6. The molecule has 2 aromatic carbocycles. The molecule has 0 aromatic heterocycles. The average Bonchev–Trinajstić information content (AvgIpc) is 2.60. The number of Topliss-reactive ketones (excluding diaryl/α,β-unsaturated/α-hetero) is 1. The van der Waals surface area contributed by atoms with Crippen LogP contribution in [0.1, 0.15) is 30.7 Å². The fraction of sp³-hybridized carbons (Fsp3) is 0.200. The van der Waals surface area contributed by atoms with Gasteiger partial charge in [0.25, 0.3) is 0 Å². The van der Waals surface area contributed by atoms with E-state index in [2.05, 4.69) is 6.07 Å². The molecule has 0 bridgehead atoms. The van der Waals surface area contributed by atoms with E-state index in [1.54, 1.807) is 0 Å². The first-order chi connectivity index (χ1) is 11.7. The monoisotopic (exact) mass is 316 g/mol. The Morgan fingerprint density at radius 1 is 1.12 bits per heavy atom. The predicted molar refractivity (Wildman–Crippen MR) is 90.5 cm³/mol. The highest BCUT2D eigenvalue weighted by molar-refractivity contribution is 6.01. The van der Waals surface area contributed by atoms with Crippen LogP contribution in [0.15, 0.2) is 65.3 Å². The molecule has 0 fully saturated rings. The highest BCUT2D eigenvalue weighted by Crippen LogP contribution is 2.44. The molecule has 2 N–H and O–H groups in total. The third kappa shape index (κ3) is 2.10. The molecule has 118 valence electrons.